The molecule has 0 radical (unpaired) electrons. The van der Waals surface area contributed by atoms with E-state index >= 15 is 0 Å². The van der Waals surface area contributed by atoms with Gasteiger partial charge < -0.3 is 19.3 Å². The minimum absolute atomic E-state index is 0.0375. The second-order valence-electron chi connectivity index (χ2n) is 20.7. The van der Waals surface area contributed by atoms with Gasteiger partial charge in [-0.2, -0.15) is 0 Å². The Hall–Kier alpha value is -12.0. The summed E-state index contributed by atoms with van der Waals surface area (Å²) in [7, 11) is 4.81. The van der Waals surface area contributed by atoms with Crippen LogP contribution in [0, 0.1) is 13.8 Å². The van der Waals surface area contributed by atoms with Crippen molar-refractivity contribution < 1.29 is 19.3 Å². The number of aromatic amines is 4. The zero-order valence-corrected chi connectivity index (χ0v) is 50.6. The third kappa shape index (κ3) is 11.1. The quantitative estimate of drug-likeness (QED) is 0.0884. The van der Waals surface area contributed by atoms with E-state index in [1.54, 1.807) is 95.3 Å². The summed E-state index contributed by atoms with van der Waals surface area (Å²) in [5, 5.41) is 27.3. The highest BCUT2D eigenvalue weighted by Crippen LogP contribution is 2.27. The van der Waals surface area contributed by atoms with Crippen molar-refractivity contribution >= 4 is 103 Å². The zero-order valence-electron chi connectivity index (χ0n) is 49.0. The second-order valence-corrected chi connectivity index (χ2v) is 21.5. The molecule has 0 aliphatic carbocycles. The van der Waals surface area contributed by atoms with E-state index < -0.39 is 0 Å². The number of fused-ring (bicyclic) bond motifs is 12. The molecule has 0 bridgehead atoms. The number of rotatable bonds is 8. The average molecular weight is 1280 g/mol. The molecule has 0 atom stereocenters. The number of aliphatic hydroxyl groups is 1. The van der Waals surface area contributed by atoms with Crippen LogP contribution in [-0.4, -0.2) is 105 Å². The van der Waals surface area contributed by atoms with Crippen LogP contribution in [0.5, 0.6) is 17.2 Å². The van der Waals surface area contributed by atoms with E-state index in [9.17, 15) is 24.3 Å². The molecule has 16 aromatic rings. The zero-order chi connectivity index (χ0) is 63.0. The molecule has 12 aromatic heterocycles. The van der Waals surface area contributed by atoms with Gasteiger partial charge in [-0.25, -0.2) is 23.7 Å². The summed E-state index contributed by atoms with van der Waals surface area (Å²) in [6.45, 7) is 3.79. The molecule has 0 saturated carbocycles. The molecule has 0 amide bonds. The fourth-order valence-corrected chi connectivity index (χ4v) is 10.8. The van der Waals surface area contributed by atoms with Gasteiger partial charge in [0.1, 0.15) is 21.9 Å². The summed E-state index contributed by atoms with van der Waals surface area (Å²) in [6, 6.07) is 36.5. The van der Waals surface area contributed by atoms with Crippen LogP contribution in [0.4, 0.5) is 0 Å². The molecule has 25 heteroatoms. The molecule has 0 aliphatic rings. The van der Waals surface area contributed by atoms with Crippen molar-refractivity contribution in [2.75, 3.05) is 21.3 Å². The minimum atomic E-state index is -0.151. The number of aliphatic hydroxyl groups excluding tert-OH is 1. The van der Waals surface area contributed by atoms with Crippen LogP contribution >= 0.6 is 15.9 Å². The van der Waals surface area contributed by atoms with Gasteiger partial charge in [-0.05, 0) is 132 Å². The number of benzene rings is 4. The Morgan fingerprint density at radius 1 is 0.396 bits per heavy atom. The number of hydrogen-bond acceptors (Lipinski definition) is 16. The second kappa shape index (κ2) is 24.3. The molecule has 16 rings (SSSR count). The molecule has 450 valence electrons. The van der Waals surface area contributed by atoms with Crippen molar-refractivity contribution in [3.63, 3.8) is 0 Å². The summed E-state index contributed by atoms with van der Waals surface area (Å²) in [4.78, 5) is 84.7. The van der Waals surface area contributed by atoms with Crippen molar-refractivity contribution in [3.8, 4) is 40.0 Å². The maximum Gasteiger partial charge on any atom is 0.280 e. The lowest BCUT2D eigenvalue weighted by atomic mass is 10.1. The monoisotopic (exact) mass is 1270 g/mol. The van der Waals surface area contributed by atoms with Gasteiger partial charge in [0.05, 0.1) is 116 Å². The smallest absolute Gasteiger partial charge is 0.280 e. The fourth-order valence-electron chi connectivity index (χ4n) is 10.5. The molecular weight excluding hydrogens is 1220 g/mol. The van der Waals surface area contributed by atoms with Crippen LogP contribution in [0.3, 0.4) is 0 Å². The van der Waals surface area contributed by atoms with E-state index in [0.717, 1.165) is 111 Å². The highest BCUT2D eigenvalue weighted by atomic mass is 79.9. The topological polar surface area (TPSA) is 302 Å². The largest absolute Gasteiger partial charge is 0.497 e. The van der Waals surface area contributed by atoms with Crippen LogP contribution in [0.15, 0.2) is 201 Å². The van der Waals surface area contributed by atoms with Crippen molar-refractivity contribution in [3.05, 3.63) is 240 Å². The number of aryl methyl sites for hydroxylation is 2. The Morgan fingerprint density at radius 2 is 0.780 bits per heavy atom. The SMILES string of the molecule is COc1ccc(-n2[nH]c3c(cnc4cc(Br)ncc43)c2=O)cc1.COc1ccc(-n2[nH]c3c(cnc4cc(C)ncc43)c2=O)cc1.COc1cccc(-n2[nH]c3c(cnc4cc(C)ncc43)c2=O)c1.O=c1c2cnc3cc(CO)ccc3c2[nH]n1-c1ccncc1. The van der Waals surface area contributed by atoms with Gasteiger partial charge >= 0.3 is 0 Å². The van der Waals surface area contributed by atoms with Crippen LogP contribution in [0.25, 0.3) is 110 Å². The van der Waals surface area contributed by atoms with Gasteiger partial charge in [0.25, 0.3) is 22.2 Å². The third-order valence-electron chi connectivity index (χ3n) is 15.1. The molecule has 91 heavy (non-hydrogen) atoms. The molecule has 12 heterocycles. The molecule has 0 fully saturated rings. The lowest BCUT2D eigenvalue weighted by Gasteiger charge is -2.04. The Kier molecular flexibility index (Phi) is 15.5. The van der Waals surface area contributed by atoms with Crippen molar-refractivity contribution in [2.24, 2.45) is 0 Å². The van der Waals surface area contributed by atoms with E-state index in [1.165, 1.54) is 18.7 Å². The third-order valence-corrected chi connectivity index (χ3v) is 15.6. The summed E-state index contributed by atoms with van der Waals surface area (Å²) in [5.41, 5.74) is 10.9. The van der Waals surface area contributed by atoms with Gasteiger partial charge in [0.15, 0.2) is 0 Å². The number of hydrogen-bond donors (Lipinski definition) is 5. The highest BCUT2D eigenvalue weighted by molar-refractivity contribution is 9.10. The maximum absolute atomic E-state index is 12.7. The number of ether oxygens (including phenoxy) is 3. The number of H-pyrrole nitrogens is 4. The Bertz CT molecular complexity index is 5520. The van der Waals surface area contributed by atoms with Crippen LogP contribution in [-0.2, 0) is 6.61 Å². The first-order chi connectivity index (χ1) is 44.3. The first-order valence-corrected chi connectivity index (χ1v) is 28.8. The van der Waals surface area contributed by atoms with Crippen molar-refractivity contribution in [1.29, 1.82) is 0 Å². The standard InChI is InChI=1S/2C17H14N4O2.C16H11BrN4O2.C16H12N4O2/c1-10-7-15-13(8-18-10)16-14(9-19-15)17(22)21(20-16)11-3-5-12(23-2)6-4-11;1-10-6-15-13(8-18-10)16-14(9-19-15)17(22)21(20-16)11-4-3-5-12(7-11)23-2;1-23-10-4-2-9(3-5-10)21-16(22)12-8-18-13-6-14(17)19-7-11(13)15(12)20-21;21-9-10-1-2-12-14(7-10)18-8-13-15(12)19-20(16(13)22)11-3-5-17-6-4-11/h2*3-9,20H,1-2H3;2-8,20H,1H3;1-8,19,21H,9H2. The molecular formula is C66H51BrN16O8. The first-order valence-electron chi connectivity index (χ1n) is 28.0. The number of nitrogens with zero attached hydrogens (tertiary/aromatic N) is 12. The number of halogens is 1. The number of aromatic nitrogens is 16. The van der Waals surface area contributed by atoms with Crippen molar-refractivity contribution in [1.82, 2.24) is 79.0 Å². The van der Waals surface area contributed by atoms with Gasteiger partial charge in [0.2, 0.25) is 0 Å². The van der Waals surface area contributed by atoms with Gasteiger partial charge in [0, 0.05) is 94.8 Å². The fraction of sp³-hybridized carbons (Fsp3) is 0.0909. The van der Waals surface area contributed by atoms with E-state index in [1.807, 2.05) is 117 Å². The van der Waals surface area contributed by atoms with Gasteiger partial charge in [-0.3, -0.25) is 74.5 Å². The lowest BCUT2D eigenvalue weighted by Crippen LogP contribution is -2.14. The normalized spacial score (nSPS) is 11.2. The van der Waals surface area contributed by atoms with Crippen LogP contribution in [0.2, 0.25) is 0 Å². The molecule has 24 nitrogen and oxygen atoms in total. The predicted molar refractivity (Wildman–Crippen MR) is 351 cm³/mol. The average Bonchev–Trinajstić information content (AvgIpc) is 1.67. The Balaban J connectivity index is 0.000000111. The number of pyridine rings is 8. The molecule has 0 saturated heterocycles. The van der Waals surface area contributed by atoms with Crippen LogP contribution in [0.1, 0.15) is 17.0 Å². The highest BCUT2D eigenvalue weighted by Gasteiger charge is 2.17. The van der Waals surface area contributed by atoms with E-state index in [2.05, 4.69) is 76.2 Å². The first kappa shape index (κ1) is 58.1. The Morgan fingerprint density at radius 3 is 1.22 bits per heavy atom. The number of methoxy groups -OCH3 is 3. The van der Waals surface area contributed by atoms with Gasteiger partial charge in [-0.15, -0.1) is 0 Å². The molecule has 0 spiro atoms. The summed E-state index contributed by atoms with van der Waals surface area (Å²) in [5.74, 6) is 2.16. The molecule has 5 N–H and O–H groups in total. The number of nitrogens with one attached hydrogen (secondary N) is 4. The summed E-state index contributed by atoms with van der Waals surface area (Å²) in [6.07, 6.45) is 14.8. The van der Waals surface area contributed by atoms with E-state index in [0.29, 0.717) is 37.6 Å². The van der Waals surface area contributed by atoms with E-state index in [4.69, 9.17) is 14.2 Å². The summed E-state index contributed by atoms with van der Waals surface area (Å²) < 4.78 is 22.2. The minimum Gasteiger partial charge on any atom is -0.497 e. The molecule has 0 unspecified atom stereocenters. The van der Waals surface area contributed by atoms with Crippen LogP contribution < -0.4 is 36.4 Å². The summed E-state index contributed by atoms with van der Waals surface area (Å²) >= 11 is 3.33. The molecule has 0 aliphatic heterocycles. The Labute approximate surface area is 520 Å². The van der Waals surface area contributed by atoms with E-state index in [-0.39, 0.29) is 28.8 Å². The van der Waals surface area contributed by atoms with Gasteiger partial charge in [-0.1, -0.05) is 18.2 Å². The lowest BCUT2D eigenvalue weighted by molar-refractivity contribution is 0.282. The maximum atomic E-state index is 12.7. The predicted octanol–water partition coefficient (Wildman–Crippen LogP) is 9.95. The van der Waals surface area contributed by atoms with Crippen molar-refractivity contribution in [2.45, 2.75) is 20.5 Å². The molecule has 4 aromatic carbocycles.